The minimum Gasteiger partial charge on any atom is -0.478 e. The minimum absolute atomic E-state index is 0.138. The summed E-state index contributed by atoms with van der Waals surface area (Å²) in [5.74, 6) is -2.88. The third-order valence-corrected chi connectivity index (χ3v) is 1.72. The molecule has 82 valence electrons. The van der Waals surface area contributed by atoms with Crippen molar-refractivity contribution in [2.75, 3.05) is 5.32 Å². The van der Waals surface area contributed by atoms with Gasteiger partial charge >= 0.3 is 5.97 Å². The number of anilines is 1. The maximum absolute atomic E-state index is 13.0. The van der Waals surface area contributed by atoms with Gasteiger partial charge in [-0.1, -0.05) is 0 Å². The summed E-state index contributed by atoms with van der Waals surface area (Å²) in [6, 6.07) is 4.78. The highest BCUT2D eigenvalue weighted by molar-refractivity contribution is 5.94. The van der Waals surface area contributed by atoms with Crippen molar-refractivity contribution in [3.8, 4) is 6.07 Å². The number of halogens is 1. The second kappa shape index (κ2) is 4.89. The fraction of sp³-hybridized carbons (Fsp3) is 0.100. The summed E-state index contributed by atoms with van der Waals surface area (Å²) in [4.78, 5) is 21.6. The van der Waals surface area contributed by atoms with Gasteiger partial charge in [0.2, 0.25) is 5.91 Å². The van der Waals surface area contributed by atoms with Gasteiger partial charge in [-0.2, -0.15) is 5.26 Å². The molecule has 0 aromatic heterocycles. The van der Waals surface area contributed by atoms with Crippen LogP contribution in [0, 0.1) is 17.1 Å². The van der Waals surface area contributed by atoms with E-state index in [1.165, 1.54) is 6.07 Å². The molecule has 1 amide bonds. The van der Waals surface area contributed by atoms with Crippen molar-refractivity contribution >= 4 is 17.6 Å². The Kier molecular flexibility index (Phi) is 3.56. The van der Waals surface area contributed by atoms with Gasteiger partial charge in [0, 0.05) is 5.69 Å². The van der Waals surface area contributed by atoms with Gasteiger partial charge in [-0.25, -0.2) is 9.18 Å². The molecule has 0 aliphatic heterocycles. The lowest BCUT2D eigenvalue weighted by atomic mass is 10.2. The molecule has 1 aromatic carbocycles. The summed E-state index contributed by atoms with van der Waals surface area (Å²) in [6.07, 6.45) is -0.347. The third-order valence-electron chi connectivity index (χ3n) is 1.72. The maximum atomic E-state index is 13.0. The van der Waals surface area contributed by atoms with Crippen LogP contribution in [0.15, 0.2) is 18.2 Å². The zero-order chi connectivity index (χ0) is 12.1. The molecular weight excluding hydrogens is 215 g/mol. The Morgan fingerprint density at radius 3 is 2.75 bits per heavy atom. The highest BCUT2D eigenvalue weighted by Gasteiger charge is 2.11. The van der Waals surface area contributed by atoms with Gasteiger partial charge in [0.15, 0.2) is 0 Å². The second-order valence-corrected chi connectivity index (χ2v) is 2.88. The lowest BCUT2D eigenvalue weighted by Crippen LogP contribution is -2.11. The van der Waals surface area contributed by atoms with Crippen LogP contribution >= 0.6 is 0 Å². The van der Waals surface area contributed by atoms with Crippen LogP contribution in [-0.4, -0.2) is 17.0 Å². The number of hydrogen-bond acceptors (Lipinski definition) is 3. The number of aromatic carboxylic acids is 1. The molecule has 2 N–H and O–H groups in total. The zero-order valence-corrected chi connectivity index (χ0v) is 8.03. The van der Waals surface area contributed by atoms with Crippen LogP contribution < -0.4 is 5.32 Å². The van der Waals surface area contributed by atoms with Crippen LogP contribution in [-0.2, 0) is 4.79 Å². The fourth-order valence-corrected chi connectivity index (χ4v) is 1.04. The number of hydrogen-bond donors (Lipinski definition) is 2. The Balaban J connectivity index is 2.92. The molecule has 0 heterocycles. The Hall–Kier alpha value is -2.42. The van der Waals surface area contributed by atoms with Crippen LogP contribution in [0.3, 0.4) is 0 Å². The van der Waals surface area contributed by atoms with Crippen molar-refractivity contribution in [3.63, 3.8) is 0 Å². The molecule has 0 radical (unpaired) electrons. The van der Waals surface area contributed by atoms with Gasteiger partial charge in [0.05, 0.1) is 11.6 Å². The van der Waals surface area contributed by atoms with Gasteiger partial charge < -0.3 is 10.4 Å². The van der Waals surface area contributed by atoms with E-state index in [-0.39, 0.29) is 12.1 Å². The van der Waals surface area contributed by atoms with Crippen molar-refractivity contribution < 1.29 is 19.1 Å². The lowest BCUT2D eigenvalue weighted by molar-refractivity contribution is -0.115. The Morgan fingerprint density at radius 2 is 2.19 bits per heavy atom. The van der Waals surface area contributed by atoms with E-state index < -0.39 is 23.3 Å². The number of carboxylic acids is 1. The molecule has 5 nitrogen and oxygen atoms in total. The number of nitriles is 1. The summed E-state index contributed by atoms with van der Waals surface area (Å²) in [5.41, 5.74) is -0.395. The molecular formula is C10H7FN2O3. The van der Waals surface area contributed by atoms with Gasteiger partial charge in [-0.15, -0.1) is 0 Å². The van der Waals surface area contributed by atoms with Gasteiger partial charge in [0.1, 0.15) is 12.2 Å². The Morgan fingerprint density at radius 1 is 1.50 bits per heavy atom. The highest BCUT2D eigenvalue weighted by atomic mass is 19.1. The van der Waals surface area contributed by atoms with E-state index in [9.17, 15) is 14.0 Å². The van der Waals surface area contributed by atoms with Crippen molar-refractivity contribution in [1.82, 2.24) is 0 Å². The summed E-state index contributed by atoms with van der Waals surface area (Å²) in [6.45, 7) is 0. The van der Waals surface area contributed by atoms with Crippen LogP contribution in [0.1, 0.15) is 16.8 Å². The van der Waals surface area contributed by atoms with Crippen LogP contribution in [0.25, 0.3) is 0 Å². The van der Waals surface area contributed by atoms with Gasteiger partial charge in [0.25, 0.3) is 0 Å². The second-order valence-electron chi connectivity index (χ2n) is 2.88. The van der Waals surface area contributed by atoms with E-state index in [4.69, 9.17) is 10.4 Å². The van der Waals surface area contributed by atoms with Crippen molar-refractivity contribution in [2.45, 2.75) is 6.42 Å². The SMILES string of the molecule is N#CCC(=O)Nc1ccc(F)c(C(=O)O)c1. The first-order valence-corrected chi connectivity index (χ1v) is 4.24. The molecule has 0 saturated heterocycles. The van der Waals surface area contributed by atoms with Crippen LogP contribution in [0.2, 0.25) is 0 Å². The van der Waals surface area contributed by atoms with E-state index in [2.05, 4.69) is 5.32 Å². The number of carboxylic acid groups (broad SMARTS) is 1. The smallest absolute Gasteiger partial charge is 0.338 e. The summed E-state index contributed by atoms with van der Waals surface area (Å²) < 4.78 is 13.0. The molecule has 6 heteroatoms. The minimum atomic E-state index is -1.42. The molecule has 16 heavy (non-hydrogen) atoms. The molecule has 0 saturated carbocycles. The Labute approximate surface area is 90.1 Å². The topological polar surface area (TPSA) is 90.2 Å². The first kappa shape index (κ1) is 11.7. The molecule has 0 bridgehead atoms. The number of rotatable bonds is 3. The van der Waals surface area contributed by atoms with E-state index in [1.807, 2.05) is 0 Å². The zero-order valence-electron chi connectivity index (χ0n) is 8.03. The highest BCUT2D eigenvalue weighted by Crippen LogP contribution is 2.14. The summed E-state index contributed by atoms with van der Waals surface area (Å²) >= 11 is 0. The molecule has 0 unspecified atom stereocenters. The average molecular weight is 222 g/mol. The number of carbonyl (C=O) groups is 2. The predicted octanol–water partition coefficient (Wildman–Crippen LogP) is 1.38. The first-order chi connectivity index (χ1) is 7.54. The number of benzene rings is 1. The lowest BCUT2D eigenvalue weighted by Gasteiger charge is -2.04. The number of nitrogens with zero attached hydrogens (tertiary/aromatic N) is 1. The molecule has 1 rings (SSSR count). The number of amides is 1. The monoisotopic (exact) mass is 222 g/mol. The molecule has 0 fully saturated rings. The predicted molar refractivity (Wildman–Crippen MR) is 52.2 cm³/mol. The molecule has 1 aromatic rings. The average Bonchev–Trinajstić information content (AvgIpc) is 2.21. The molecule has 0 aliphatic rings. The van der Waals surface area contributed by atoms with E-state index >= 15 is 0 Å². The molecule has 0 atom stereocenters. The standard InChI is InChI=1S/C10H7FN2O3/c11-8-2-1-6(5-7(8)10(15)16)13-9(14)3-4-12/h1-2,5H,3H2,(H,13,14)(H,15,16). The summed E-state index contributed by atoms with van der Waals surface area (Å²) in [5, 5.41) is 19.1. The van der Waals surface area contributed by atoms with E-state index in [0.29, 0.717) is 0 Å². The van der Waals surface area contributed by atoms with Crippen LogP contribution in [0.4, 0.5) is 10.1 Å². The van der Waals surface area contributed by atoms with Crippen molar-refractivity contribution in [1.29, 1.82) is 5.26 Å². The quantitative estimate of drug-likeness (QED) is 0.808. The van der Waals surface area contributed by atoms with Crippen molar-refractivity contribution in [3.05, 3.63) is 29.6 Å². The number of nitrogens with one attached hydrogen (secondary N) is 1. The largest absolute Gasteiger partial charge is 0.478 e. The van der Waals surface area contributed by atoms with Gasteiger partial charge in [-0.05, 0) is 18.2 Å². The fourth-order valence-electron chi connectivity index (χ4n) is 1.04. The molecule has 0 spiro atoms. The van der Waals surface area contributed by atoms with E-state index in [0.717, 1.165) is 12.1 Å². The maximum Gasteiger partial charge on any atom is 0.338 e. The Bertz CT molecular complexity index is 479. The first-order valence-electron chi connectivity index (χ1n) is 4.24. The summed E-state index contributed by atoms with van der Waals surface area (Å²) in [7, 11) is 0. The van der Waals surface area contributed by atoms with Crippen LogP contribution in [0.5, 0.6) is 0 Å². The third kappa shape index (κ3) is 2.78. The molecule has 0 aliphatic carbocycles. The van der Waals surface area contributed by atoms with E-state index in [1.54, 1.807) is 6.07 Å². The number of carbonyl (C=O) groups excluding carboxylic acids is 1. The normalized spacial score (nSPS) is 9.25. The van der Waals surface area contributed by atoms with Crippen molar-refractivity contribution in [2.24, 2.45) is 0 Å². The van der Waals surface area contributed by atoms with Gasteiger partial charge in [-0.3, -0.25) is 4.79 Å².